The largest absolute Gasteiger partial charge is 0.155 e. The fraction of sp³-hybridized carbons (Fsp3) is 0.429. The molecular formula is C7H7Cl3N2. The maximum atomic E-state index is 5.78. The van der Waals surface area contributed by atoms with E-state index in [1.165, 1.54) is 0 Å². The number of hydrogen-bond donors (Lipinski definition) is 0. The Hall–Kier alpha value is -0.0500. The summed E-state index contributed by atoms with van der Waals surface area (Å²) in [6.45, 7) is 1.95. The van der Waals surface area contributed by atoms with Crippen molar-refractivity contribution in [1.29, 1.82) is 0 Å². The zero-order valence-electron chi connectivity index (χ0n) is 6.39. The number of rotatable bonds is 2. The predicted molar refractivity (Wildman–Crippen MR) is 51.2 cm³/mol. The molecule has 0 spiro atoms. The van der Waals surface area contributed by atoms with Gasteiger partial charge in [0.25, 0.3) is 0 Å². The molecule has 0 aliphatic carbocycles. The van der Waals surface area contributed by atoms with Crippen molar-refractivity contribution in [1.82, 2.24) is 10.2 Å². The summed E-state index contributed by atoms with van der Waals surface area (Å²) in [7, 11) is 0. The molecule has 1 rings (SSSR count). The van der Waals surface area contributed by atoms with Gasteiger partial charge >= 0.3 is 0 Å². The Labute approximate surface area is 85.8 Å². The number of halogens is 3. The minimum atomic E-state index is 0.146. The van der Waals surface area contributed by atoms with Crippen molar-refractivity contribution in [2.24, 2.45) is 0 Å². The Balaban J connectivity index is 3.04. The lowest BCUT2D eigenvalue weighted by Gasteiger charge is -2.08. The summed E-state index contributed by atoms with van der Waals surface area (Å²) in [5.74, 6) is 0.633. The van der Waals surface area contributed by atoms with Crippen molar-refractivity contribution >= 4 is 34.8 Å². The average Bonchev–Trinajstić information content (AvgIpc) is 2.08. The standard InChI is InChI=1S/C7H7Cl3N2/c1-4(3-8)5-2-6(9)11-12-7(5)10/h2,4H,3H2,1H3. The van der Waals surface area contributed by atoms with Crippen LogP contribution in [0.1, 0.15) is 18.4 Å². The van der Waals surface area contributed by atoms with E-state index >= 15 is 0 Å². The summed E-state index contributed by atoms with van der Waals surface area (Å²) in [5.41, 5.74) is 0.840. The minimum absolute atomic E-state index is 0.146. The molecule has 1 heterocycles. The molecule has 0 bridgehead atoms. The fourth-order valence-electron chi connectivity index (χ4n) is 0.795. The molecule has 0 saturated carbocycles. The molecule has 0 N–H and O–H groups in total. The summed E-state index contributed by atoms with van der Waals surface area (Å²) >= 11 is 17.1. The van der Waals surface area contributed by atoms with E-state index < -0.39 is 0 Å². The SMILES string of the molecule is CC(CCl)c1cc(Cl)nnc1Cl. The van der Waals surface area contributed by atoms with Crippen LogP contribution in [0.3, 0.4) is 0 Å². The van der Waals surface area contributed by atoms with E-state index in [2.05, 4.69) is 10.2 Å². The van der Waals surface area contributed by atoms with Crippen LogP contribution in [0.15, 0.2) is 6.07 Å². The minimum Gasteiger partial charge on any atom is -0.137 e. The van der Waals surface area contributed by atoms with Gasteiger partial charge in [0.05, 0.1) is 0 Å². The normalized spacial score (nSPS) is 13.0. The van der Waals surface area contributed by atoms with Crippen LogP contribution in [0.4, 0.5) is 0 Å². The maximum Gasteiger partial charge on any atom is 0.155 e. The molecule has 0 aromatic carbocycles. The molecule has 1 aromatic rings. The lowest BCUT2D eigenvalue weighted by molar-refractivity contribution is 0.849. The Morgan fingerprint density at radius 2 is 2.08 bits per heavy atom. The highest BCUT2D eigenvalue weighted by molar-refractivity contribution is 6.31. The van der Waals surface area contributed by atoms with Crippen LogP contribution < -0.4 is 0 Å². The number of alkyl halides is 1. The molecule has 5 heteroatoms. The van der Waals surface area contributed by atoms with E-state index in [1.807, 2.05) is 6.92 Å². The zero-order valence-corrected chi connectivity index (χ0v) is 8.66. The number of nitrogens with zero attached hydrogens (tertiary/aromatic N) is 2. The third kappa shape index (κ3) is 2.22. The lowest BCUT2D eigenvalue weighted by atomic mass is 10.1. The van der Waals surface area contributed by atoms with Gasteiger partial charge in [0.1, 0.15) is 0 Å². The van der Waals surface area contributed by atoms with Crippen molar-refractivity contribution in [2.75, 3.05) is 5.88 Å². The Kier molecular flexibility index (Phi) is 3.56. The number of hydrogen-bond acceptors (Lipinski definition) is 2. The van der Waals surface area contributed by atoms with Crippen LogP contribution in [-0.2, 0) is 0 Å². The van der Waals surface area contributed by atoms with Crippen LogP contribution >= 0.6 is 34.8 Å². The molecule has 0 aliphatic rings. The predicted octanol–water partition coefficient (Wildman–Crippen LogP) is 3.13. The van der Waals surface area contributed by atoms with Crippen LogP contribution in [-0.4, -0.2) is 16.1 Å². The van der Waals surface area contributed by atoms with Gasteiger partial charge in [0, 0.05) is 5.88 Å². The summed E-state index contributed by atoms with van der Waals surface area (Å²) in [6, 6.07) is 1.68. The Morgan fingerprint density at radius 1 is 1.42 bits per heavy atom. The van der Waals surface area contributed by atoms with E-state index in [4.69, 9.17) is 34.8 Å². The second kappa shape index (κ2) is 4.26. The first-order chi connectivity index (χ1) is 5.65. The first-order valence-corrected chi connectivity index (χ1v) is 4.68. The van der Waals surface area contributed by atoms with E-state index in [0.717, 1.165) is 5.56 Å². The Morgan fingerprint density at radius 3 is 2.67 bits per heavy atom. The fourth-order valence-corrected chi connectivity index (χ4v) is 1.40. The summed E-state index contributed by atoms with van der Waals surface area (Å²) in [6.07, 6.45) is 0. The van der Waals surface area contributed by atoms with Gasteiger partial charge < -0.3 is 0 Å². The topological polar surface area (TPSA) is 25.8 Å². The quantitative estimate of drug-likeness (QED) is 0.723. The van der Waals surface area contributed by atoms with Crippen molar-refractivity contribution in [3.05, 3.63) is 21.9 Å². The van der Waals surface area contributed by atoms with Crippen LogP contribution in [0.5, 0.6) is 0 Å². The smallest absolute Gasteiger partial charge is 0.137 e. The molecular weight excluding hydrogens is 218 g/mol. The van der Waals surface area contributed by atoms with Crippen molar-refractivity contribution < 1.29 is 0 Å². The molecule has 0 aliphatic heterocycles. The summed E-state index contributed by atoms with van der Waals surface area (Å²) in [4.78, 5) is 0. The highest BCUT2D eigenvalue weighted by Gasteiger charge is 2.10. The van der Waals surface area contributed by atoms with Gasteiger partial charge in [-0.15, -0.1) is 21.8 Å². The van der Waals surface area contributed by atoms with Gasteiger partial charge in [-0.25, -0.2) is 0 Å². The average molecular weight is 226 g/mol. The molecule has 2 nitrogen and oxygen atoms in total. The van der Waals surface area contributed by atoms with Gasteiger partial charge in [-0.2, -0.15) is 0 Å². The van der Waals surface area contributed by atoms with E-state index in [1.54, 1.807) is 6.07 Å². The first kappa shape index (κ1) is 10.0. The molecule has 1 unspecified atom stereocenters. The van der Waals surface area contributed by atoms with Gasteiger partial charge in [0.2, 0.25) is 0 Å². The van der Waals surface area contributed by atoms with Crippen molar-refractivity contribution in [2.45, 2.75) is 12.8 Å². The molecule has 1 atom stereocenters. The highest BCUT2D eigenvalue weighted by atomic mass is 35.5. The van der Waals surface area contributed by atoms with E-state index in [-0.39, 0.29) is 5.92 Å². The lowest BCUT2D eigenvalue weighted by Crippen LogP contribution is -1.98. The van der Waals surface area contributed by atoms with Gasteiger partial charge in [-0.3, -0.25) is 0 Å². The van der Waals surface area contributed by atoms with Crippen LogP contribution in [0.25, 0.3) is 0 Å². The molecule has 0 radical (unpaired) electrons. The van der Waals surface area contributed by atoms with Crippen LogP contribution in [0, 0.1) is 0 Å². The third-order valence-corrected chi connectivity index (χ3v) is 2.45. The first-order valence-electron chi connectivity index (χ1n) is 3.39. The third-order valence-electron chi connectivity index (χ3n) is 1.51. The summed E-state index contributed by atoms with van der Waals surface area (Å²) < 4.78 is 0. The van der Waals surface area contributed by atoms with Crippen LogP contribution in [0.2, 0.25) is 10.3 Å². The molecule has 0 amide bonds. The van der Waals surface area contributed by atoms with Gasteiger partial charge in [-0.05, 0) is 17.5 Å². The monoisotopic (exact) mass is 224 g/mol. The molecule has 12 heavy (non-hydrogen) atoms. The van der Waals surface area contributed by atoms with Gasteiger partial charge in [-0.1, -0.05) is 30.1 Å². The zero-order chi connectivity index (χ0) is 9.14. The Bertz CT molecular complexity index is 277. The molecule has 66 valence electrons. The highest BCUT2D eigenvalue weighted by Crippen LogP contribution is 2.24. The van der Waals surface area contributed by atoms with E-state index in [9.17, 15) is 0 Å². The second-order valence-corrected chi connectivity index (χ2v) is 3.52. The van der Waals surface area contributed by atoms with Gasteiger partial charge in [0.15, 0.2) is 10.3 Å². The van der Waals surface area contributed by atoms with Crippen molar-refractivity contribution in [3.63, 3.8) is 0 Å². The maximum absolute atomic E-state index is 5.78. The molecule has 0 fully saturated rings. The molecule has 0 saturated heterocycles. The second-order valence-electron chi connectivity index (χ2n) is 2.47. The van der Waals surface area contributed by atoms with Crippen molar-refractivity contribution in [3.8, 4) is 0 Å². The summed E-state index contributed by atoms with van der Waals surface area (Å²) in [5, 5.41) is 7.98. The number of aromatic nitrogens is 2. The molecule has 1 aromatic heterocycles. The van der Waals surface area contributed by atoms with E-state index in [0.29, 0.717) is 16.2 Å².